The van der Waals surface area contributed by atoms with Crippen molar-refractivity contribution in [1.82, 2.24) is 5.32 Å². The van der Waals surface area contributed by atoms with Gasteiger partial charge < -0.3 is 10.1 Å². The Bertz CT molecular complexity index is 454. The summed E-state index contributed by atoms with van der Waals surface area (Å²) < 4.78 is 28.9. The van der Waals surface area contributed by atoms with Crippen LogP contribution in [0.5, 0.6) is 5.75 Å². The van der Waals surface area contributed by atoms with Crippen LogP contribution in [0.2, 0.25) is 5.02 Å². The monoisotopic (exact) mass is 275 g/mol. The molecule has 1 aromatic carbocycles. The van der Waals surface area contributed by atoms with Crippen LogP contribution in [-0.2, 0) is 11.2 Å². The molecule has 1 heterocycles. The topological polar surface area (TPSA) is 38.3 Å². The molecule has 1 unspecified atom stereocenters. The summed E-state index contributed by atoms with van der Waals surface area (Å²) in [5.74, 6) is 0.0916. The summed E-state index contributed by atoms with van der Waals surface area (Å²) in [6.45, 7) is -2.87. The van der Waals surface area contributed by atoms with Crippen LogP contribution in [0.1, 0.15) is 18.4 Å². The van der Waals surface area contributed by atoms with Crippen LogP contribution < -0.4 is 10.1 Å². The van der Waals surface area contributed by atoms with Crippen molar-refractivity contribution in [2.45, 2.75) is 31.9 Å². The SMILES string of the molecule is O=C1CCC(Cc2cc(Cl)ccc2OC(F)F)N1. The molecule has 98 valence electrons. The molecule has 1 aliphatic heterocycles. The van der Waals surface area contributed by atoms with Gasteiger partial charge in [0.1, 0.15) is 5.75 Å². The number of halogens is 3. The fourth-order valence-electron chi connectivity index (χ4n) is 2.01. The largest absolute Gasteiger partial charge is 0.435 e. The number of carbonyl (C=O) groups is 1. The highest BCUT2D eigenvalue weighted by Gasteiger charge is 2.22. The zero-order valence-electron chi connectivity index (χ0n) is 9.46. The fourth-order valence-corrected chi connectivity index (χ4v) is 2.21. The van der Waals surface area contributed by atoms with Crippen molar-refractivity contribution < 1.29 is 18.3 Å². The van der Waals surface area contributed by atoms with Crippen LogP contribution >= 0.6 is 11.6 Å². The molecule has 1 aromatic rings. The molecule has 1 saturated heterocycles. The number of amides is 1. The molecule has 1 amide bonds. The summed E-state index contributed by atoms with van der Waals surface area (Å²) in [5, 5.41) is 3.23. The molecule has 2 rings (SSSR count). The van der Waals surface area contributed by atoms with Crippen molar-refractivity contribution in [1.29, 1.82) is 0 Å². The maximum absolute atomic E-state index is 12.3. The molecule has 1 atom stereocenters. The molecule has 0 radical (unpaired) electrons. The number of ether oxygens (including phenoxy) is 1. The molecule has 3 nitrogen and oxygen atoms in total. The van der Waals surface area contributed by atoms with Gasteiger partial charge in [0.2, 0.25) is 5.91 Å². The summed E-state index contributed by atoms with van der Waals surface area (Å²) in [6.07, 6.45) is 1.60. The van der Waals surface area contributed by atoms with E-state index in [4.69, 9.17) is 11.6 Å². The predicted molar refractivity (Wildman–Crippen MR) is 63.0 cm³/mol. The zero-order chi connectivity index (χ0) is 13.1. The highest BCUT2D eigenvalue weighted by molar-refractivity contribution is 6.30. The second-order valence-electron chi connectivity index (χ2n) is 4.14. The Balaban J connectivity index is 2.14. The van der Waals surface area contributed by atoms with E-state index >= 15 is 0 Å². The van der Waals surface area contributed by atoms with E-state index in [2.05, 4.69) is 10.1 Å². The molecular formula is C12H12ClF2NO2. The van der Waals surface area contributed by atoms with Crippen molar-refractivity contribution in [2.75, 3.05) is 0 Å². The van der Waals surface area contributed by atoms with E-state index in [1.807, 2.05) is 0 Å². The minimum absolute atomic E-state index is 0.0154. The van der Waals surface area contributed by atoms with Crippen LogP contribution in [0.3, 0.4) is 0 Å². The Morgan fingerprint density at radius 3 is 2.89 bits per heavy atom. The van der Waals surface area contributed by atoms with Crippen molar-refractivity contribution in [3.63, 3.8) is 0 Å². The van der Waals surface area contributed by atoms with E-state index in [9.17, 15) is 13.6 Å². The minimum atomic E-state index is -2.87. The van der Waals surface area contributed by atoms with Gasteiger partial charge in [-0.15, -0.1) is 0 Å². The third-order valence-electron chi connectivity index (χ3n) is 2.79. The van der Waals surface area contributed by atoms with Gasteiger partial charge in [-0.3, -0.25) is 4.79 Å². The molecule has 1 aliphatic rings. The lowest BCUT2D eigenvalue weighted by Crippen LogP contribution is -2.27. The second kappa shape index (κ2) is 5.52. The van der Waals surface area contributed by atoms with Crippen molar-refractivity contribution in [3.8, 4) is 5.75 Å². The van der Waals surface area contributed by atoms with Crippen LogP contribution in [0, 0.1) is 0 Å². The molecule has 1 N–H and O–H groups in total. The maximum atomic E-state index is 12.3. The Hall–Kier alpha value is -1.36. The lowest BCUT2D eigenvalue weighted by Gasteiger charge is -2.14. The summed E-state index contributed by atoms with van der Waals surface area (Å²) in [5.41, 5.74) is 0.579. The van der Waals surface area contributed by atoms with E-state index < -0.39 is 6.61 Å². The van der Waals surface area contributed by atoms with E-state index in [-0.39, 0.29) is 17.7 Å². The number of nitrogens with one attached hydrogen (secondary N) is 1. The maximum Gasteiger partial charge on any atom is 0.387 e. The fraction of sp³-hybridized carbons (Fsp3) is 0.417. The van der Waals surface area contributed by atoms with E-state index in [1.165, 1.54) is 12.1 Å². The summed E-state index contributed by atoms with van der Waals surface area (Å²) >= 11 is 5.84. The van der Waals surface area contributed by atoms with Crippen molar-refractivity contribution in [2.24, 2.45) is 0 Å². The number of hydrogen-bond acceptors (Lipinski definition) is 2. The molecule has 18 heavy (non-hydrogen) atoms. The van der Waals surface area contributed by atoms with Crippen LogP contribution in [0.25, 0.3) is 0 Å². The molecule has 0 aromatic heterocycles. The van der Waals surface area contributed by atoms with Crippen LogP contribution in [-0.4, -0.2) is 18.6 Å². The Kier molecular flexibility index (Phi) is 4.01. The minimum Gasteiger partial charge on any atom is -0.435 e. The van der Waals surface area contributed by atoms with Gasteiger partial charge in [-0.05, 0) is 36.6 Å². The quantitative estimate of drug-likeness (QED) is 0.918. The number of rotatable bonds is 4. The van der Waals surface area contributed by atoms with Crippen molar-refractivity contribution >= 4 is 17.5 Å². The zero-order valence-corrected chi connectivity index (χ0v) is 10.2. The molecular weight excluding hydrogens is 264 g/mol. The summed E-state index contributed by atoms with van der Waals surface area (Å²) in [4.78, 5) is 11.1. The molecule has 0 aliphatic carbocycles. The second-order valence-corrected chi connectivity index (χ2v) is 4.57. The number of alkyl halides is 2. The van der Waals surface area contributed by atoms with Crippen molar-refractivity contribution in [3.05, 3.63) is 28.8 Å². The molecule has 0 spiro atoms. The first-order valence-electron chi connectivity index (χ1n) is 5.57. The molecule has 6 heteroatoms. The highest BCUT2D eigenvalue weighted by atomic mass is 35.5. The van der Waals surface area contributed by atoms with Gasteiger partial charge in [0.05, 0.1) is 0 Å². The third-order valence-corrected chi connectivity index (χ3v) is 3.02. The molecule has 0 saturated carbocycles. The van der Waals surface area contributed by atoms with E-state index in [0.29, 0.717) is 29.8 Å². The highest BCUT2D eigenvalue weighted by Crippen LogP contribution is 2.27. The standard InChI is InChI=1S/C12H12ClF2NO2/c13-8-1-3-10(18-12(14)15)7(5-8)6-9-2-4-11(17)16-9/h1,3,5,9,12H,2,4,6H2,(H,16,17). The van der Waals surface area contributed by atoms with Crippen LogP contribution in [0.15, 0.2) is 18.2 Å². The first-order chi connectivity index (χ1) is 8.54. The molecule has 1 fully saturated rings. The van der Waals surface area contributed by atoms with E-state index in [0.717, 1.165) is 0 Å². The number of carbonyl (C=O) groups excluding carboxylic acids is 1. The average molecular weight is 276 g/mol. The van der Waals surface area contributed by atoms with E-state index in [1.54, 1.807) is 6.07 Å². The molecule has 0 bridgehead atoms. The summed E-state index contributed by atoms with van der Waals surface area (Å²) in [6, 6.07) is 4.45. The predicted octanol–water partition coefficient (Wildman–Crippen LogP) is 2.76. The van der Waals surface area contributed by atoms with Crippen LogP contribution in [0.4, 0.5) is 8.78 Å². The Morgan fingerprint density at radius 1 is 1.50 bits per heavy atom. The Labute approximate surface area is 108 Å². The normalized spacial score (nSPS) is 19.1. The van der Waals surface area contributed by atoms with Gasteiger partial charge in [0, 0.05) is 17.5 Å². The Morgan fingerprint density at radius 2 is 2.28 bits per heavy atom. The lowest BCUT2D eigenvalue weighted by molar-refractivity contribution is -0.119. The average Bonchev–Trinajstić information content (AvgIpc) is 2.67. The van der Waals surface area contributed by atoms with Gasteiger partial charge >= 0.3 is 6.61 Å². The first-order valence-corrected chi connectivity index (χ1v) is 5.95. The first kappa shape index (κ1) is 13.1. The number of benzene rings is 1. The number of hydrogen-bond donors (Lipinski definition) is 1. The van der Waals surface area contributed by atoms with Gasteiger partial charge in [0.25, 0.3) is 0 Å². The third kappa shape index (κ3) is 3.32. The van der Waals surface area contributed by atoms with Gasteiger partial charge in [-0.1, -0.05) is 11.6 Å². The smallest absolute Gasteiger partial charge is 0.387 e. The van der Waals surface area contributed by atoms with Gasteiger partial charge in [0.15, 0.2) is 0 Å². The van der Waals surface area contributed by atoms with Gasteiger partial charge in [-0.25, -0.2) is 0 Å². The summed E-state index contributed by atoms with van der Waals surface area (Å²) in [7, 11) is 0. The van der Waals surface area contributed by atoms with Gasteiger partial charge in [-0.2, -0.15) is 8.78 Å². The lowest BCUT2D eigenvalue weighted by atomic mass is 10.0.